The van der Waals surface area contributed by atoms with Gasteiger partial charge in [-0.2, -0.15) is 0 Å². The van der Waals surface area contributed by atoms with E-state index in [0.29, 0.717) is 6.54 Å². The number of anilines is 1. The minimum atomic E-state index is -0.329. The molecule has 1 aromatic carbocycles. The fourth-order valence-corrected chi connectivity index (χ4v) is 3.57. The van der Waals surface area contributed by atoms with E-state index in [4.69, 9.17) is 4.74 Å². The first kappa shape index (κ1) is 16.0. The lowest BCUT2D eigenvalue weighted by Crippen LogP contribution is -2.29. The van der Waals surface area contributed by atoms with Crippen LogP contribution in [-0.4, -0.2) is 24.5 Å². The molecule has 1 unspecified atom stereocenters. The molecule has 1 saturated heterocycles. The lowest BCUT2D eigenvalue weighted by molar-refractivity contribution is -0.155. The minimum absolute atomic E-state index is 0.0179. The summed E-state index contributed by atoms with van der Waals surface area (Å²) in [5.41, 5.74) is 3.17. The number of hydrogen-bond acceptors (Lipinski definition) is 3. The zero-order valence-electron chi connectivity index (χ0n) is 14.0. The van der Waals surface area contributed by atoms with E-state index in [0.717, 1.165) is 42.5 Å². The lowest BCUT2D eigenvalue weighted by Gasteiger charge is -2.23. The third kappa shape index (κ3) is 3.41. The number of amides is 1. The predicted octanol–water partition coefficient (Wildman–Crippen LogP) is 3.53. The Bertz CT molecular complexity index is 605. The van der Waals surface area contributed by atoms with Gasteiger partial charge in [-0.05, 0) is 56.7 Å². The number of hydrogen-bond donors (Lipinski definition) is 0. The summed E-state index contributed by atoms with van der Waals surface area (Å²) in [5, 5.41) is 0. The highest BCUT2D eigenvalue weighted by Gasteiger charge is 2.37. The maximum absolute atomic E-state index is 12.4. The van der Waals surface area contributed by atoms with Crippen LogP contribution in [0, 0.1) is 19.8 Å². The largest absolute Gasteiger partial charge is 0.462 e. The van der Waals surface area contributed by atoms with Crippen LogP contribution in [0.2, 0.25) is 0 Å². The molecule has 0 spiro atoms. The Kier molecular flexibility index (Phi) is 4.69. The maximum Gasteiger partial charge on any atom is 0.311 e. The van der Waals surface area contributed by atoms with Gasteiger partial charge in [0.15, 0.2) is 0 Å². The second kappa shape index (κ2) is 6.73. The molecular formula is C19H25NO3. The standard InChI is InChI=1S/C19H25NO3/c1-13-7-6-10-17(14(13)2)20-12-15(11-18(20)21)19(22)23-16-8-4-3-5-9-16/h6-7,10,15-16H,3-5,8-9,11-12H2,1-2H3. The van der Waals surface area contributed by atoms with Gasteiger partial charge >= 0.3 is 5.97 Å². The van der Waals surface area contributed by atoms with Crippen molar-refractivity contribution < 1.29 is 14.3 Å². The van der Waals surface area contributed by atoms with Gasteiger partial charge in [-0.25, -0.2) is 0 Å². The highest BCUT2D eigenvalue weighted by Crippen LogP contribution is 2.30. The summed E-state index contributed by atoms with van der Waals surface area (Å²) in [6.07, 6.45) is 5.75. The normalized spacial score (nSPS) is 22.4. The molecule has 1 heterocycles. The first-order valence-electron chi connectivity index (χ1n) is 8.63. The van der Waals surface area contributed by atoms with Crippen molar-refractivity contribution in [2.75, 3.05) is 11.4 Å². The number of benzene rings is 1. The van der Waals surface area contributed by atoms with Gasteiger partial charge in [0.25, 0.3) is 0 Å². The van der Waals surface area contributed by atoms with Gasteiger partial charge in [0.05, 0.1) is 5.92 Å². The molecular weight excluding hydrogens is 290 g/mol. The van der Waals surface area contributed by atoms with Crippen LogP contribution in [0.15, 0.2) is 18.2 Å². The smallest absolute Gasteiger partial charge is 0.311 e. The molecule has 1 aliphatic carbocycles. The third-order valence-corrected chi connectivity index (χ3v) is 5.16. The van der Waals surface area contributed by atoms with Crippen molar-refractivity contribution in [3.05, 3.63) is 29.3 Å². The van der Waals surface area contributed by atoms with Crippen molar-refractivity contribution in [1.82, 2.24) is 0 Å². The zero-order chi connectivity index (χ0) is 16.4. The second-order valence-corrected chi connectivity index (χ2v) is 6.82. The summed E-state index contributed by atoms with van der Waals surface area (Å²) in [7, 11) is 0. The molecule has 0 aromatic heterocycles. The Balaban J connectivity index is 1.67. The molecule has 4 heteroatoms. The van der Waals surface area contributed by atoms with Crippen LogP contribution < -0.4 is 4.90 Å². The van der Waals surface area contributed by atoms with Crippen molar-refractivity contribution in [1.29, 1.82) is 0 Å². The Morgan fingerprint density at radius 2 is 1.91 bits per heavy atom. The molecule has 2 aliphatic rings. The summed E-state index contributed by atoms with van der Waals surface area (Å²) in [4.78, 5) is 26.5. The number of esters is 1. The van der Waals surface area contributed by atoms with Crippen molar-refractivity contribution in [3.63, 3.8) is 0 Å². The van der Waals surface area contributed by atoms with Gasteiger partial charge in [-0.3, -0.25) is 9.59 Å². The maximum atomic E-state index is 12.4. The van der Waals surface area contributed by atoms with E-state index in [1.165, 1.54) is 6.42 Å². The average Bonchev–Trinajstić information content (AvgIpc) is 2.93. The summed E-state index contributed by atoms with van der Waals surface area (Å²) >= 11 is 0. The molecule has 3 rings (SSSR count). The summed E-state index contributed by atoms with van der Waals surface area (Å²) in [5.74, 6) is -0.508. The van der Waals surface area contributed by atoms with E-state index in [1.807, 2.05) is 32.0 Å². The first-order valence-corrected chi connectivity index (χ1v) is 8.63. The van der Waals surface area contributed by atoms with Crippen molar-refractivity contribution in [3.8, 4) is 0 Å². The fraction of sp³-hybridized carbons (Fsp3) is 0.579. The number of carbonyl (C=O) groups excluding carboxylic acids is 2. The Labute approximate surface area is 137 Å². The molecule has 0 bridgehead atoms. The minimum Gasteiger partial charge on any atom is -0.462 e. The van der Waals surface area contributed by atoms with Crippen LogP contribution in [0.1, 0.15) is 49.7 Å². The molecule has 1 aliphatic heterocycles. The lowest BCUT2D eigenvalue weighted by atomic mass is 9.97. The van der Waals surface area contributed by atoms with Crippen LogP contribution in [0.25, 0.3) is 0 Å². The zero-order valence-corrected chi connectivity index (χ0v) is 14.0. The topological polar surface area (TPSA) is 46.6 Å². The Hall–Kier alpha value is -1.84. The Morgan fingerprint density at radius 3 is 2.65 bits per heavy atom. The SMILES string of the molecule is Cc1cccc(N2CC(C(=O)OC3CCCCC3)CC2=O)c1C. The number of carbonyl (C=O) groups is 2. The summed E-state index contributed by atoms with van der Waals surface area (Å²) in [6, 6.07) is 5.95. The predicted molar refractivity (Wildman–Crippen MR) is 89.3 cm³/mol. The molecule has 1 saturated carbocycles. The van der Waals surface area contributed by atoms with E-state index in [-0.39, 0.29) is 30.3 Å². The average molecular weight is 315 g/mol. The summed E-state index contributed by atoms with van der Waals surface area (Å²) < 4.78 is 5.64. The van der Waals surface area contributed by atoms with E-state index < -0.39 is 0 Å². The molecule has 4 nitrogen and oxygen atoms in total. The fourth-order valence-electron chi connectivity index (χ4n) is 3.57. The molecule has 0 N–H and O–H groups in total. The molecule has 124 valence electrons. The molecule has 2 fully saturated rings. The highest BCUT2D eigenvalue weighted by atomic mass is 16.5. The van der Waals surface area contributed by atoms with Crippen LogP contribution in [-0.2, 0) is 14.3 Å². The monoisotopic (exact) mass is 315 g/mol. The Morgan fingerprint density at radius 1 is 1.17 bits per heavy atom. The van der Waals surface area contributed by atoms with Gasteiger partial charge in [0.1, 0.15) is 6.10 Å². The molecule has 1 aromatic rings. The number of aryl methyl sites for hydroxylation is 1. The van der Waals surface area contributed by atoms with Gasteiger partial charge in [-0.15, -0.1) is 0 Å². The van der Waals surface area contributed by atoms with Gasteiger partial charge in [-0.1, -0.05) is 18.6 Å². The van der Waals surface area contributed by atoms with Gasteiger partial charge in [0, 0.05) is 18.7 Å². The van der Waals surface area contributed by atoms with Crippen LogP contribution in [0.4, 0.5) is 5.69 Å². The molecule has 1 amide bonds. The molecule has 1 atom stereocenters. The quantitative estimate of drug-likeness (QED) is 0.802. The molecule has 0 radical (unpaired) electrons. The van der Waals surface area contributed by atoms with Gasteiger partial charge < -0.3 is 9.64 Å². The number of nitrogens with zero attached hydrogens (tertiary/aromatic N) is 1. The third-order valence-electron chi connectivity index (χ3n) is 5.16. The first-order chi connectivity index (χ1) is 11.1. The van der Waals surface area contributed by atoms with E-state index in [9.17, 15) is 9.59 Å². The van der Waals surface area contributed by atoms with Crippen LogP contribution >= 0.6 is 0 Å². The number of ether oxygens (including phenoxy) is 1. The second-order valence-electron chi connectivity index (χ2n) is 6.82. The van der Waals surface area contributed by atoms with E-state index in [1.54, 1.807) is 4.90 Å². The van der Waals surface area contributed by atoms with E-state index >= 15 is 0 Å². The van der Waals surface area contributed by atoms with Crippen molar-refractivity contribution in [2.45, 2.75) is 58.5 Å². The van der Waals surface area contributed by atoms with Crippen LogP contribution in [0.3, 0.4) is 0 Å². The van der Waals surface area contributed by atoms with Crippen molar-refractivity contribution >= 4 is 17.6 Å². The molecule has 23 heavy (non-hydrogen) atoms. The van der Waals surface area contributed by atoms with Crippen molar-refractivity contribution in [2.24, 2.45) is 5.92 Å². The van der Waals surface area contributed by atoms with E-state index in [2.05, 4.69) is 0 Å². The van der Waals surface area contributed by atoms with Gasteiger partial charge in [0.2, 0.25) is 5.91 Å². The van der Waals surface area contributed by atoms with Crippen LogP contribution in [0.5, 0.6) is 0 Å². The number of rotatable bonds is 3. The summed E-state index contributed by atoms with van der Waals surface area (Å²) in [6.45, 7) is 4.49. The highest BCUT2D eigenvalue weighted by molar-refractivity contribution is 6.00.